The van der Waals surface area contributed by atoms with Gasteiger partial charge in [0.15, 0.2) is 0 Å². The molecule has 0 radical (unpaired) electrons. The molecule has 0 saturated carbocycles. The maximum absolute atomic E-state index is 12.2. The van der Waals surface area contributed by atoms with Crippen LogP contribution in [0.1, 0.15) is 5.56 Å². The fourth-order valence-electron chi connectivity index (χ4n) is 1.88. The molecule has 1 aromatic heterocycles. The average molecular weight is 320 g/mol. The lowest BCUT2D eigenvalue weighted by molar-refractivity contribution is 0.854. The second-order valence-electron chi connectivity index (χ2n) is 4.06. The van der Waals surface area contributed by atoms with Gasteiger partial charge in [0.05, 0.1) is 16.6 Å². The van der Waals surface area contributed by atoms with Crippen LogP contribution in [0.5, 0.6) is 0 Å². The van der Waals surface area contributed by atoms with Gasteiger partial charge in [0.2, 0.25) is 0 Å². The Bertz CT molecular complexity index is 742. The van der Waals surface area contributed by atoms with Crippen LogP contribution in [0, 0.1) is 0 Å². The van der Waals surface area contributed by atoms with Crippen LogP contribution in [0.2, 0.25) is 0 Å². The summed E-state index contributed by atoms with van der Waals surface area (Å²) in [5.74, 6) is 0. The number of rotatable bonds is 2. The van der Waals surface area contributed by atoms with Crippen molar-refractivity contribution in [2.45, 2.75) is 6.54 Å². The quantitative estimate of drug-likeness (QED) is 0.702. The molecule has 1 heterocycles. The van der Waals surface area contributed by atoms with Gasteiger partial charge in [-0.15, -0.1) is 0 Å². The highest BCUT2D eigenvalue weighted by Gasteiger charge is 2.06. The summed E-state index contributed by atoms with van der Waals surface area (Å²) in [5, 5.41) is 0.805. The third-order valence-corrected chi connectivity index (χ3v) is 4.39. The first-order valence-electron chi connectivity index (χ1n) is 5.57. The van der Waals surface area contributed by atoms with E-state index in [1.165, 1.54) is 11.5 Å². The van der Waals surface area contributed by atoms with E-state index in [-0.39, 0.29) is 5.56 Å². The van der Waals surface area contributed by atoms with E-state index < -0.39 is 0 Å². The van der Waals surface area contributed by atoms with Gasteiger partial charge < -0.3 is 0 Å². The highest BCUT2D eigenvalue weighted by molar-refractivity contribution is 9.10. The van der Waals surface area contributed by atoms with Crippen molar-refractivity contribution >= 4 is 37.5 Å². The van der Waals surface area contributed by atoms with Crippen molar-refractivity contribution in [2.75, 3.05) is 0 Å². The fourth-order valence-corrected chi connectivity index (χ4v) is 3.17. The Morgan fingerprint density at radius 3 is 2.50 bits per heavy atom. The van der Waals surface area contributed by atoms with Gasteiger partial charge in [0, 0.05) is 4.47 Å². The average Bonchev–Trinajstić information content (AvgIpc) is 2.70. The molecular formula is C14H10BrNOS. The molecule has 0 aliphatic carbocycles. The number of hydrogen-bond donors (Lipinski definition) is 0. The molecule has 3 rings (SSSR count). The van der Waals surface area contributed by atoms with E-state index in [1.54, 1.807) is 3.96 Å². The van der Waals surface area contributed by atoms with Crippen LogP contribution < -0.4 is 5.56 Å². The van der Waals surface area contributed by atoms with Crippen LogP contribution >= 0.6 is 27.5 Å². The Labute approximate surface area is 117 Å². The lowest BCUT2D eigenvalue weighted by Gasteiger charge is -2.00. The molecule has 18 heavy (non-hydrogen) atoms. The molecule has 4 heteroatoms. The largest absolute Gasteiger partial charge is 0.268 e. The second-order valence-corrected chi connectivity index (χ2v) is 6.03. The van der Waals surface area contributed by atoms with Crippen molar-refractivity contribution in [1.29, 1.82) is 0 Å². The van der Waals surface area contributed by atoms with Gasteiger partial charge in [-0.3, -0.25) is 8.75 Å². The molecule has 0 unspecified atom stereocenters. The highest BCUT2D eigenvalue weighted by Crippen LogP contribution is 2.18. The summed E-state index contributed by atoms with van der Waals surface area (Å²) >= 11 is 4.92. The maximum Gasteiger partial charge on any atom is 0.268 e. The molecule has 0 aliphatic heterocycles. The van der Waals surface area contributed by atoms with E-state index >= 15 is 0 Å². The number of hydrogen-bond acceptors (Lipinski definition) is 2. The zero-order chi connectivity index (χ0) is 12.5. The first-order chi connectivity index (χ1) is 8.74. The molecule has 0 fully saturated rings. The zero-order valence-corrected chi connectivity index (χ0v) is 11.9. The number of nitrogens with zero attached hydrogens (tertiary/aromatic N) is 1. The summed E-state index contributed by atoms with van der Waals surface area (Å²) in [5.41, 5.74) is 1.23. The van der Waals surface area contributed by atoms with Crippen molar-refractivity contribution in [3.63, 3.8) is 0 Å². The SMILES string of the molecule is O=c1c2ccccc2sn1Cc1ccc(Br)cc1. The molecule has 0 spiro atoms. The summed E-state index contributed by atoms with van der Waals surface area (Å²) in [6.07, 6.45) is 0. The van der Waals surface area contributed by atoms with Gasteiger partial charge in [-0.2, -0.15) is 0 Å². The molecule has 0 saturated heterocycles. The number of aromatic nitrogens is 1. The molecule has 0 N–H and O–H groups in total. The van der Waals surface area contributed by atoms with Crippen molar-refractivity contribution in [3.8, 4) is 0 Å². The molecular weight excluding hydrogens is 310 g/mol. The van der Waals surface area contributed by atoms with Crippen LogP contribution in [0.25, 0.3) is 10.1 Å². The van der Waals surface area contributed by atoms with Gasteiger partial charge in [0.25, 0.3) is 5.56 Å². The molecule has 0 atom stereocenters. The van der Waals surface area contributed by atoms with E-state index in [1.807, 2.05) is 48.5 Å². The Morgan fingerprint density at radius 2 is 1.78 bits per heavy atom. The van der Waals surface area contributed by atoms with Gasteiger partial charge in [-0.1, -0.05) is 51.7 Å². The third-order valence-electron chi connectivity index (χ3n) is 2.79. The van der Waals surface area contributed by atoms with Crippen molar-refractivity contribution in [2.24, 2.45) is 0 Å². The van der Waals surface area contributed by atoms with E-state index in [0.717, 1.165) is 20.1 Å². The van der Waals surface area contributed by atoms with Gasteiger partial charge >= 0.3 is 0 Å². The molecule has 2 aromatic carbocycles. The number of halogens is 1. The normalized spacial score (nSPS) is 10.9. The van der Waals surface area contributed by atoms with Crippen molar-refractivity contribution < 1.29 is 0 Å². The van der Waals surface area contributed by atoms with E-state index in [0.29, 0.717) is 6.54 Å². The molecule has 90 valence electrons. The predicted octanol–water partition coefficient (Wildman–Crippen LogP) is 3.87. The monoisotopic (exact) mass is 319 g/mol. The Hall–Kier alpha value is -1.39. The smallest absolute Gasteiger partial charge is 0.268 e. The minimum atomic E-state index is 0.0959. The predicted molar refractivity (Wildman–Crippen MR) is 79.3 cm³/mol. The van der Waals surface area contributed by atoms with Gasteiger partial charge in [-0.25, -0.2) is 0 Å². The second kappa shape index (κ2) is 4.71. The minimum Gasteiger partial charge on any atom is -0.268 e. The van der Waals surface area contributed by atoms with Crippen LogP contribution in [-0.4, -0.2) is 3.96 Å². The summed E-state index contributed by atoms with van der Waals surface area (Å²) < 4.78 is 3.89. The Morgan fingerprint density at radius 1 is 1.06 bits per heavy atom. The topological polar surface area (TPSA) is 22.0 Å². The summed E-state index contributed by atoms with van der Waals surface area (Å²) in [4.78, 5) is 12.2. The first-order valence-corrected chi connectivity index (χ1v) is 7.14. The number of fused-ring (bicyclic) bond motifs is 1. The maximum atomic E-state index is 12.2. The molecule has 0 aliphatic rings. The Balaban J connectivity index is 2.02. The van der Waals surface area contributed by atoms with E-state index in [9.17, 15) is 4.79 Å². The van der Waals surface area contributed by atoms with Crippen LogP contribution in [0.3, 0.4) is 0 Å². The Kier molecular flexibility index (Phi) is 3.06. The first kappa shape index (κ1) is 11.7. The van der Waals surface area contributed by atoms with Crippen LogP contribution in [0.4, 0.5) is 0 Å². The van der Waals surface area contributed by atoms with Gasteiger partial charge in [-0.05, 0) is 29.8 Å². The zero-order valence-electron chi connectivity index (χ0n) is 9.47. The lowest BCUT2D eigenvalue weighted by Crippen LogP contribution is -2.13. The highest BCUT2D eigenvalue weighted by atomic mass is 79.9. The van der Waals surface area contributed by atoms with E-state index in [4.69, 9.17) is 0 Å². The third kappa shape index (κ3) is 2.13. The standard InChI is InChI=1S/C14H10BrNOS/c15-11-7-5-10(6-8-11)9-16-14(17)12-3-1-2-4-13(12)18-16/h1-8H,9H2. The van der Waals surface area contributed by atoms with Crippen molar-refractivity contribution in [1.82, 2.24) is 3.96 Å². The summed E-state index contributed by atoms with van der Waals surface area (Å²) in [6.45, 7) is 0.630. The molecule has 0 amide bonds. The number of benzene rings is 2. The fraction of sp³-hybridized carbons (Fsp3) is 0.0714. The van der Waals surface area contributed by atoms with E-state index in [2.05, 4.69) is 15.9 Å². The molecule has 2 nitrogen and oxygen atoms in total. The summed E-state index contributed by atoms with van der Waals surface area (Å²) in [7, 11) is 0. The van der Waals surface area contributed by atoms with Crippen LogP contribution in [-0.2, 0) is 6.54 Å². The lowest BCUT2D eigenvalue weighted by atomic mass is 10.2. The van der Waals surface area contributed by atoms with Crippen molar-refractivity contribution in [3.05, 3.63) is 68.9 Å². The van der Waals surface area contributed by atoms with Crippen LogP contribution in [0.15, 0.2) is 57.8 Å². The minimum absolute atomic E-state index is 0.0959. The molecule has 0 bridgehead atoms. The molecule has 3 aromatic rings. The summed E-state index contributed by atoms with van der Waals surface area (Å²) in [6, 6.07) is 15.8. The van der Waals surface area contributed by atoms with Gasteiger partial charge in [0.1, 0.15) is 0 Å².